The van der Waals surface area contributed by atoms with Crippen LogP contribution in [0.4, 0.5) is 0 Å². The third kappa shape index (κ3) is 4.96. The third-order valence-corrected chi connectivity index (χ3v) is 4.01. The fourth-order valence-electron chi connectivity index (χ4n) is 1.83. The number of carbonyl (C=O) groups excluding carboxylic acids is 1. The summed E-state index contributed by atoms with van der Waals surface area (Å²) in [7, 11) is 3.01. The lowest BCUT2D eigenvalue weighted by molar-refractivity contribution is 0.0745. The first-order valence-corrected chi connectivity index (χ1v) is 8.59. The van der Waals surface area contributed by atoms with E-state index in [1.54, 1.807) is 7.05 Å². The molecule has 0 N–H and O–H groups in total. The number of hydrogen-bond donors (Lipinski definition) is 0. The molecular formula is C13H17Cl2NO3S. The molecule has 4 nitrogen and oxygen atoms in total. The highest BCUT2D eigenvalue weighted by Gasteiger charge is 2.21. The van der Waals surface area contributed by atoms with Crippen LogP contribution in [-0.4, -0.2) is 32.8 Å². The standard InChI is InChI=1S/C13H17Cl2NO3S/c1-13(2,3)8-16(4)12(17)9-5-10(14)7-11(6-9)20(15,18)19/h5-7H,8H2,1-4H3. The largest absolute Gasteiger partial charge is 0.341 e. The Bertz CT molecular complexity index is 621. The number of rotatable bonds is 3. The summed E-state index contributed by atoms with van der Waals surface area (Å²) in [4.78, 5) is 13.6. The highest BCUT2D eigenvalue weighted by atomic mass is 35.7. The van der Waals surface area contributed by atoms with Crippen molar-refractivity contribution < 1.29 is 13.2 Å². The monoisotopic (exact) mass is 337 g/mol. The van der Waals surface area contributed by atoms with Gasteiger partial charge < -0.3 is 4.90 Å². The van der Waals surface area contributed by atoms with Crippen molar-refractivity contribution in [1.82, 2.24) is 4.90 Å². The Morgan fingerprint density at radius 3 is 2.25 bits per heavy atom. The van der Waals surface area contributed by atoms with Gasteiger partial charge in [0.15, 0.2) is 0 Å². The average Bonchev–Trinajstić information content (AvgIpc) is 2.23. The summed E-state index contributed by atoms with van der Waals surface area (Å²) in [6.07, 6.45) is 0. The minimum Gasteiger partial charge on any atom is -0.341 e. The van der Waals surface area contributed by atoms with Crippen LogP contribution in [0.1, 0.15) is 31.1 Å². The van der Waals surface area contributed by atoms with E-state index in [9.17, 15) is 13.2 Å². The van der Waals surface area contributed by atoms with E-state index in [0.717, 1.165) is 0 Å². The van der Waals surface area contributed by atoms with E-state index in [1.807, 2.05) is 20.8 Å². The molecule has 0 bridgehead atoms. The molecule has 0 fully saturated rings. The maximum atomic E-state index is 12.3. The molecule has 0 unspecified atom stereocenters. The number of carbonyl (C=O) groups is 1. The van der Waals surface area contributed by atoms with Gasteiger partial charge in [-0.15, -0.1) is 0 Å². The van der Waals surface area contributed by atoms with Crippen LogP contribution in [-0.2, 0) is 9.05 Å². The fourth-order valence-corrected chi connectivity index (χ4v) is 2.93. The van der Waals surface area contributed by atoms with Crippen molar-refractivity contribution in [3.63, 3.8) is 0 Å². The van der Waals surface area contributed by atoms with E-state index in [-0.39, 0.29) is 26.8 Å². The second kappa shape index (κ2) is 5.92. The average molecular weight is 338 g/mol. The molecule has 1 rings (SSSR count). The zero-order valence-corrected chi connectivity index (χ0v) is 14.1. The summed E-state index contributed by atoms with van der Waals surface area (Å²) in [5.74, 6) is -0.302. The maximum Gasteiger partial charge on any atom is 0.261 e. The molecule has 0 heterocycles. The summed E-state index contributed by atoms with van der Waals surface area (Å²) in [6, 6.07) is 3.87. The van der Waals surface area contributed by atoms with Crippen molar-refractivity contribution in [1.29, 1.82) is 0 Å². The molecule has 112 valence electrons. The highest BCUT2D eigenvalue weighted by Crippen LogP contribution is 2.23. The van der Waals surface area contributed by atoms with Crippen molar-refractivity contribution in [2.75, 3.05) is 13.6 Å². The molecule has 0 atom stereocenters. The van der Waals surface area contributed by atoms with Gasteiger partial charge in [0.1, 0.15) is 0 Å². The second-order valence-electron chi connectivity index (χ2n) is 5.84. The van der Waals surface area contributed by atoms with Crippen LogP contribution < -0.4 is 0 Å². The number of nitrogens with zero attached hydrogens (tertiary/aromatic N) is 1. The fraction of sp³-hybridized carbons (Fsp3) is 0.462. The van der Waals surface area contributed by atoms with Crippen LogP contribution in [0.5, 0.6) is 0 Å². The molecule has 0 aliphatic heterocycles. The van der Waals surface area contributed by atoms with E-state index in [1.165, 1.54) is 23.1 Å². The molecule has 0 radical (unpaired) electrons. The first-order valence-electron chi connectivity index (χ1n) is 5.91. The van der Waals surface area contributed by atoms with Gasteiger partial charge in [-0.25, -0.2) is 8.42 Å². The van der Waals surface area contributed by atoms with Gasteiger partial charge in [-0.2, -0.15) is 0 Å². The normalized spacial score (nSPS) is 12.3. The molecule has 0 saturated carbocycles. The van der Waals surface area contributed by atoms with E-state index >= 15 is 0 Å². The van der Waals surface area contributed by atoms with Crippen LogP contribution in [0.15, 0.2) is 23.1 Å². The van der Waals surface area contributed by atoms with Crippen LogP contribution in [0.25, 0.3) is 0 Å². The number of amides is 1. The van der Waals surface area contributed by atoms with Gasteiger partial charge in [0.05, 0.1) is 4.90 Å². The van der Waals surface area contributed by atoms with Crippen molar-refractivity contribution in [2.45, 2.75) is 25.7 Å². The van der Waals surface area contributed by atoms with Gasteiger partial charge in [0.25, 0.3) is 15.0 Å². The topological polar surface area (TPSA) is 54.5 Å². The van der Waals surface area contributed by atoms with Gasteiger partial charge in [0, 0.05) is 34.9 Å². The van der Waals surface area contributed by atoms with Gasteiger partial charge in [-0.05, 0) is 23.6 Å². The Labute approximate surface area is 129 Å². The summed E-state index contributed by atoms with van der Waals surface area (Å²) in [5, 5.41) is 0.152. The smallest absolute Gasteiger partial charge is 0.261 e. The quantitative estimate of drug-likeness (QED) is 0.794. The van der Waals surface area contributed by atoms with Gasteiger partial charge in [-0.3, -0.25) is 4.79 Å². The number of hydrogen-bond acceptors (Lipinski definition) is 3. The van der Waals surface area contributed by atoms with Gasteiger partial charge >= 0.3 is 0 Å². The molecule has 7 heteroatoms. The molecule has 0 spiro atoms. The summed E-state index contributed by atoms with van der Waals surface area (Å²) >= 11 is 5.84. The Morgan fingerprint density at radius 2 is 1.80 bits per heavy atom. The lowest BCUT2D eigenvalue weighted by Crippen LogP contribution is -2.34. The number of benzene rings is 1. The third-order valence-electron chi connectivity index (χ3n) is 2.46. The Morgan fingerprint density at radius 1 is 1.25 bits per heavy atom. The predicted molar refractivity (Wildman–Crippen MR) is 80.9 cm³/mol. The summed E-state index contributed by atoms with van der Waals surface area (Å²) in [6.45, 7) is 6.54. The van der Waals surface area contributed by atoms with E-state index < -0.39 is 9.05 Å². The molecule has 1 aromatic rings. The molecule has 0 aromatic heterocycles. The Balaban J connectivity index is 3.14. The van der Waals surface area contributed by atoms with Crippen LogP contribution in [0.2, 0.25) is 5.02 Å². The highest BCUT2D eigenvalue weighted by molar-refractivity contribution is 8.13. The molecule has 1 aromatic carbocycles. The molecule has 20 heavy (non-hydrogen) atoms. The Hall–Kier alpha value is -0.780. The zero-order valence-electron chi connectivity index (χ0n) is 11.8. The minimum atomic E-state index is -3.93. The minimum absolute atomic E-state index is 0.0651. The van der Waals surface area contributed by atoms with Crippen molar-refractivity contribution >= 4 is 37.2 Å². The SMILES string of the molecule is CN(CC(C)(C)C)C(=O)c1cc(Cl)cc(S(=O)(=O)Cl)c1. The van der Waals surface area contributed by atoms with Crippen molar-refractivity contribution in [3.8, 4) is 0 Å². The van der Waals surface area contributed by atoms with Gasteiger partial charge in [-0.1, -0.05) is 32.4 Å². The summed E-state index contributed by atoms with van der Waals surface area (Å²) < 4.78 is 22.7. The van der Waals surface area contributed by atoms with E-state index in [0.29, 0.717) is 6.54 Å². The van der Waals surface area contributed by atoms with Crippen LogP contribution in [0, 0.1) is 5.41 Å². The first kappa shape index (κ1) is 17.3. The zero-order chi connectivity index (χ0) is 15.7. The van der Waals surface area contributed by atoms with Crippen molar-refractivity contribution in [2.24, 2.45) is 5.41 Å². The van der Waals surface area contributed by atoms with E-state index in [2.05, 4.69) is 0 Å². The van der Waals surface area contributed by atoms with Crippen LogP contribution in [0.3, 0.4) is 0 Å². The lowest BCUT2D eigenvalue weighted by atomic mass is 9.96. The maximum absolute atomic E-state index is 12.3. The van der Waals surface area contributed by atoms with Crippen molar-refractivity contribution in [3.05, 3.63) is 28.8 Å². The number of halogens is 2. The van der Waals surface area contributed by atoms with E-state index in [4.69, 9.17) is 22.3 Å². The molecule has 0 saturated heterocycles. The van der Waals surface area contributed by atoms with Gasteiger partial charge in [0.2, 0.25) is 0 Å². The molecule has 1 amide bonds. The Kier molecular flexibility index (Phi) is 5.11. The predicted octanol–water partition coefficient (Wildman–Crippen LogP) is 3.39. The van der Waals surface area contributed by atoms with Crippen LogP contribution >= 0.6 is 22.3 Å². The lowest BCUT2D eigenvalue weighted by Gasteiger charge is -2.26. The molecule has 0 aliphatic carbocycles. The second-order valence-corrected chi connectivity index (χ2v) is 8.84. The molecule has 0 aliphatic rings. The molecular weight excluding hydrogens is 321 g/mol. The summed E-state index contributed by atoms with van der Waals surface area (Å²) in [5.41, 5.74) is 0.133. The first-order chi connectivity index (χ1) is 8.90.